The molecule has 0 bridgehead atoms. The number of nitrogen functional groups attached to an aromatic ring is 1. The van der Waals surface area contributed by atoms with Gasteiger partial charge in [0.05, 0.1) is 30.3 Å². The largest absolute Gasteiger partial charge is 0.491 e. The molecular weight excluding hydrogens is 435 g/mol. The quantitative estimate of drug-likeness (QED) is 0.470. The highest BCUT2D eigenvalue weighted by Crippen LogP contribution is 2.40. The highest BCUT2D eigenvalue weighted by Gasteiger charge is 2.32. The van der Waals surface area contributed by atoms with Crippen molar-refractivity contribution in [1.82, 2.24) is 24.3 Å². The van der Waals surface area contributed by atoms with Crippen molar-refractivity contribution in [3.63, 3.8) is 0 Å². The van der Waals surface area contributed by atoms with Gasteiger partial charge in [0.15, 0.2) is 0 Å². The molecule has 1 aromatic carbocycles. The number of hydrogen-bond donors (Lipinski definition) is 1. The summed E-state index contributed by atoms with van der Waals surface area (Å²) in [5.41, 5.74) is 14.9. The van der Waals surface area contributed by atoms with Crippen molar-refractivity contribution in [2.75, 3.05) is 19.4 Å². The molecule has 0 fully saturated rings. The lowest BCUT2D eigenvalue weighted by Crippen LogP contribution is -2.32. The van der Waals surface area contributed by atoms with E-state index in [1.807, 2.05) is 18.2 Å². The van der Waals surface area contributed by atoms with Crippen LogP contribution in [0.5, 0.6) is 5.75 Å². The number of halogens is 1. The average Bonchev–Trinajstić information content (AvgIpc) is 3.44. The van der Waals surface area contributed by atoms with Crippen molar-refractivity contribution in [3.8, 4) is 5.75 Å². The third-order valence-corrected chi connectivity index (χ3v) is 6.55. The Kier molecular flexibility index (Phi) is 4.43. The number of pyridine rings is 1. The molecular formula is C25H21FN6O2. The number of amides is 1. The summed E-state index contributed by atoms with van der Waals surface area (Å²) in [4.78, 5) is 27.8. The van der Waals surface area contributed by atoms with Crippen molar-refractivity contribution in [2.24, 2.45) is 0 Å². The van der Waals surface area contributed by atoms with Crippen LogP contribution in [0.4, 0.5) is 10.2 Å². The Labute approximate surface area is 194 Å². The minimum atomic E-state index is -0.972. The van der Waals surface area contributed by atoms with Gasteiger partial charge in [-0.1, -0.05) is 12.1 Å². The highest BCUT2D eigenvalue weighted by molar-refractivity contribution is 5.96. The average molecular weight is 456 g/mol. The Morgan fingerprint density at radius 3 is 2.94 bits per heavy atom. The zero-order valence-electron chi connectivity index (χ0n) is 18.6. The molecule has 170 valence electrons. The minimum Gasteiger partial charge on any atom is -0.491 e. The maximum atomic E-state index is 13.4. The van der Waals surface area contributed by atoms with Crippen LogP contribution in [-0.2, 0) is 0 Å². The van der Waals surface area contributed by atoms with Gasteiger partial charge in [-0.25, -0.2) is 19.3 Å². The van der Waals surface area contributed by atoms with Gasteiger partial charge < -0.3 is 15.4 Å². The molecule has 0 spiro atoms. The van der Waals surface area contributed by atoms with E-state index in [0.717, 1.165) is 22.4 Å². The Morgan fingerprint density at radius 1 is 1.32 bits per heavy atom. The number of aromatic nitrogens is 4. The maximum Gasteiger partial charge on any atom is 0.272 e. The van der Waals surface area contributed by atoms with Crippen LogP contribution >= 0.6 is 0 Å². The number of fused-ring (bicyclic) bond motifs is 4. The smallest absolute Gasteiger partial charge is 0.272 e. The molecule has 0 radical (unpaired) electrons. The van der Waals surface area contributed by atoms with Gasteiger partial charge in [0.2, 0.25) is 0 Å². The van der Waals surface area contributed by atoms with Gasteiger partial charge in [-0.3, -0.25) is 9.20 Å². The van der Waals surface area contributed by atoms with E-state index in [0.29, 0.717) is 46.7 Å². The lowest BCUT2D eigenvalue weighted by atomic mass is 9.88. The third-order valence-electron chi connectivity index (χ3n) is 6.55. The van der Waals surface area contributed by atoms with Crippen molar-refractivity contribution >= 4 is 33.8 Å². The first kappa shape index (κ1) is 20.4. The Bertz CT molecular complexity index is 1570. The molecule has 2 atom stereocenters. The lowest BCUT2D eigenvalue weighted by Gasteiger charge is -2.23. The van der Waals surface area contributed by atoms with E-state index in [-0.39, 0.29) is 11.9 Å². The molecule has 3 aromatic heterocycles. The molecule has 6 rings (SSSR count). The molecule has 4 heterocycles. The molecule has 0 saturated heterocycles. The normalized spacial score (nSPS) is 17.6. The zero-order valence-corrected chi connectivity index (χ0v) is 18.6. The van der Waals surface area contributed by atoms with E-state index < -0.39 is 6.17 Å². The van der Waals surface area contributed by atoms with Gasteiger partial charge in [-0.2, -0.15) is 0 Å². The van der Waals surface area contributed by atoms with Crippen LogP contribution in [0, 0.1) is 0 Å². The first-order valence-electron chi connectivity index (χ1n) is 10.9. The molecule has 2 N–H and O–H groups in total. The summed E-state index contributed by atoms with van der Waals surface area (Å²) in [6.45, 7) is 1.87. The number of benzene rings is 1. The first-order chi connectivity index (χ1) is 16.4. The summed E-state index contributed by atoms with van der Waals surface area (Å²) in [6.07, 6.45) is 4.43. The van der Waals surface area contributed by atoms with Crippen LogP contribution in [-0.4, -0.2) is 50.0 Å². The zero-order chi connectivity index (χ0) is 23.6. The van der Waals surface area contributed by atoms with Crippen LogP contribution in [0.1, 0.15) is 41.0 Å². The number of nitrogens with zero attached hydrogens (tertiary/aromatic N) is 5. The second-order valence-electron chi connectivity index (χ2n) is 8.62. The number of imidazole rings is 1. The standard InChI is InChI=1S/C25H21FN6O2/c1-13(26)15-5-16(6-15)14-3-4-17-22(11-34-23(17)7-14)31(2)25(33)18-8-20-19(9-29-18)30-24(27)21-10-28-12-32(20)21/h3-4,7-10,12-13,22H,5,11H2,1-2H3,(H2,27,30)/t13?,22-/m1/s1. The fraction of sp³-hybridized carbons (Fsp3) is 0.240. The van der Waals surface area contributed by atoms with Gasteiger partial charge in [-0.15, -0.1) is 5.73 Å². The fourth-order valence-electron chi connectivity index (χ4n) is 4.50. The van der Waals surface area contributed by atoms with Gasteiger partial charge in [-0.05, 0) is 24.6 Å². The monoisotopic (exact) mass is 456 g/mol. The van der Waals surface area contributed by atoms with Crippen LogP contribution in [0.15, 0.2) is 54.3 Å². The van der Waals surface area contributed by atoms with Crippen LogP contribution in [0.25, 0.3) is 22.1 Å². The number of carbonyl (C=O) groups is 1. The van der Waals surface area contributed by atoms with Crippen LogP contribution in [0.3, 0.4) is 0 Å². The number of allylic oxidation sites excluding steroid dienone is 1. The highest BCUT2D eigenvalue weighted by atomic mass is 19.1. The minimum absolute atomic E-state index is 0.233. The molecule has 8 nitrogen and oxygen atoms in total. The number of likely N-dealkylation sites (N-methyl/N-ethyl adjacent to an activating group) is 1. The Morgan fingerprint density at radius 2 is 2.15 bits per heavy atom. The van der Waals surface area contributed by atoms with E-state index in [4.69, 9.17) is 10.5 Å². The number of rotatable bonds is 4. The van der Waals surface area contributed by atoms with E-state index >= 15 is 0 Å². The first-order valence-corrected chi connectivity index (χ1v) is 10.9. The summed E-state index contributed by atoms with van der Waals surface area (Å²) < 4.78 is 21.1. The van der Waals surface area contributed by atoms with E-state index in [2.05, 4.69) is 20.7 Å². The Balaban J connectivity index is 1.30. The van der Waals surface area contributed by atoms with Gasteiger partial charge in [0, 0.05) is 30.2 Å². The second kappa shape index (κ2) is 7.40. The molecule has 4 aromatic rings. The molecule has 9 heteroatoms. The summed E-state index contributed by atoms with van der Waals surface area (Å²) >= 11 is 0. The SMILES string of the molecule is CC(F)C1=C=C(c2ccc3c(c2)OC[C@H]3N(C)C(=O)c2cc3c(cn2)nc(N)c2cncn23)C1. The Hall–Kier alpha value is -4.23. The summed E-state index contributed by atoms with van der Waals surface area (Å²) in [7, 11) is 1.74. The fourth-order valence-corrected chi connectivity index (χ4v) is 4.50. The van der Waals surface area contributed by atoms with Crippen LogP contribution < -0.4 is 10.5 Å². The van der Waals surface area contributed by atoms with E-state index in [9.17, 15) is 9.18 Å². The molecule has 1 amide bonds. The van der Waals surface area contributed by atoms with Gasteiger partial charge in [0.25, 0.3) is 5.91 Å². The van der Waals surface area contributed by atoms with E-state index in [1.165, 1.54) is 6.92 Å². The lowest BCUT2D eigenvalue weighted by molar-refractivity contribution is 0.0703. The molecule has 34 heavy (non-hydrogen) atoms. The second-order valence-corrected chi connectivity index (χ2v) is 8.62. The summed E-state index contributed by atoms with van der Waals surface area (Å²) in [5, 5.41) is 0. The third kappa shape index (κ3) is 3.05. The number of alkyl halides is 1. The summed E-state index contributed by atoms with van der Waals surface area (Å²) in [5.74, 6) is 0.846. The molecule has 2 aliphatic rings. The maximum absolute atomic E-state index is 13.4. The molecule has 1 aliphatic carbocycles. The predicted octanol–water partition coefficient (Wildman–Crippen LogP) is 3.74. The number of ether oxygens (including phenoxy) is 1. The number of hydrogen-bond acceptors (Lipinski definition) is 6. The van der Waals surface area contributed by atoms with E-state index in [1.54, 1.807) is 41.1 Å². The molecule has 1 aliphatic heterocycles. The van der Waals surface area contributed by atoms with Crippen molar-refractivity contribution in [3.05, 3.63) is 71.1 Å². The van der Waals surface area contributed by atoms with Gasteiger partial charge in [0.1, 0.15) is 41.1 Å². The predicted molar refractivity (Wildman–Crippen MR) is 125 cm³/mol. The number of nitrogens with two attached hydrogens (primary N) is 1. The van der Waals surface area contributed by atoms with Gasteiger partial charge >= 0.3 is 0 Å². The van der Waals surface area contributed by atoms with Crippen LogP contribution in [0.2, 0.25) is 0 Å². The van der Waals surface area contributed by atoms with Crippen molar-refractivity contribution < 1.29 is 13.9 Å². The summed E-state index contributed by atoms with van der Waals surface area (Å²) in [6, 6.07) is 7.33. The molecule has 0 saturated carbocycles. The number of carbonyl (C=O) groups excluding carboxylic acids is 1. The topological polar surface area (TPSA) is 98.6 Å². The molecule has 1 unspecified atom stereocenters. The van der Waals surface area contributed by atoms with Crippen molar-refractivity contribution in [2.45, 2.75) is 25.6 Å². The van der Waals surface area contributed by atoms with Crippen molar-refractivity contribution in [1.29, 1.82) is 0 Å². The number of anilines is 1.